The molecule has 34 heavy (non-hydrogen) atoms. The van der Waals surface area contributed by atoms with E-state index >= 15 is 0 Å². The Balaban J connectivity index is 2.71. The summed E-state index contributed by atoms with van der Waals surface area (Å²) in [5, 5.41) is 29.7. The van der Waals surface area contributed by atoms with E-state index in [1.54, 1.807) is 6.08 Å². The molecule has 0 spiro atoms. The van der Waals surface area contributed by atoms with Gasteiger partial charge in [-0.15, -0.1) is 0 Å². The van der Waals surface area contributed by atoms with Gasteiger partial charge in [-0.3, -0.25) is 14.4 Å². The molecular weight excluding hydrogens is 440 g/mol. The molecule has 0 bridgehead atoms. The minimum Gasteiger partial charge on any atom is -0.481 e. The fourth-order valence-corrected chi connectivity index (χ4v) is 4.03. The summed E-state index contributed by atoms with van der Waals surface area (Å²) in [7, 11) is 0. The maximum Gasteiger partial charge on any atom is 0.311 e. The molecule has 3 atom stereocenters. The number of unbranched alkanes of at least 4 members (excludes halogenated alkanes) is 6. The van der Waals surface area contributed by atoms with Crippen molar-refractivity contribution in [3.8, 4) is 0 Å². The van der Waals surface area contributed by atoms with Crippen LogP contribution in [0, 0.1) is 5.92 Å². The van der Waals surface area contributed by atoms with Crippen molar-refractivity contribution in [3.05, 3.63) is 23.5 Å². The van der Waals surface area contributed by atoms with E-state index in [2.05, 4.69) is 6.92 Å². The van der Waals surface area contributed by atoms with Crippen LogP contribution in [0.3, 0.4) is 0 Å². The Morgan fingerprint density at radius 1 is 1.06 bits per heavy atom. The maximum absolute atomic E-state index is 12.1. The number of carboxylic acids is 1. The average molecular weight is 483 g/mol. The third kappa shape index (κ3) is 12.9. The van der Waals surface area contributed by atoms with Crippen LogP contribution in [0.15, 0.2) is 23.5 Å². The third-order valence-corrected chi connectivity index (χ3v) is 5.89. The van der Waals surface area contributed by atoms with Crippen molar-refractivity contribution in [2.24, 2.45) is 5.92 Å². The van der Waals surface area contributed by atoms with Crippen molar-refractivity contribution in [2.45, 2.75) is 110 Å². The Morgan fingerprint density at radius 2 is 1.76 bits per heavy atom. The largest absolute Gasteiger partial charge is 0.481 e. The first kappa shape index (κ1) is 29.8. The zero-order chi connectivity index (χ0) is 25.3. The van der Waals surface area contributed by atoms with E-state index in [9.17, 15) is 24.6 Å². The number of ether oxygens (including phenoxy) is 2. The summed E-state index contributed by atoms with van der Waals surface area (Å²) >= 11 is 0. The van der Waals surface area contributed by atoms with Crippen LogP contribution in [0.5, 0.6) is 0 Å². The number of carboxylic acid groups (broad SMARTS) is 1. The quantitative estimate of drug-likeness (QED) is 0.149. The number of carbonyl (C=O) groups is 3. The van der Waals surface area contributed by atoms with Crippen LogP contribution >= 0.6 is 0 Å². The molecular formula is C26H42O8. The molecule has 8 nitrogen and oxygen atoms in total. The Kier molecular flexibility index (Phi) is 15.2. The van der Waals surface area contributed by atoms with Gasteiger partial charge in [-0.25, -0.2) is 0 Å². The van der Waals surface area contributed by atoms with Crippen molar-refractivity contribution in [2.75, 3.05) is 6.61 Å². The molecule has 0 unspecified atom stereocenters. The first-order valence-electron chi connectivity index (χ1n) is 12.6. The summed E-state index contributed by atoms with van der Waals surface area (Å²) in [6.45, 7) is 3.93. The highest BCUT2D eigenvalue weighted by molar-refractivity contribution is 5.77. The molecule has 0 saturated carbocycles. The molecule has 0 radical (unpaired) electrons. The lowest BCUT2D eigenvalue weighted by Gasteiger charge is -2.16. The van der Waals surface area contributed by atoms with Gasteiger partial charge in [0.25, 0.3) is 0 Å². The van der Waals surface area contributed by atoms with Gasteiger partial charge in [0.15, 0.2) is 0 Å². The van der Waals surface area contributed by atoms with E-state index in [1.807, 2.05) is 6.08 Å². The minimum absolute atomic E-state index is 0.192. The van der Waals surface area contributed by atoms with E-state index < -0.39 is 24.1 Å². The van der Waals surface area contributed by atoms with E-state index in [-0.39, 0.29) is 31.1 Å². The van der Waals surface area contributed by atoms with Gasteiger partial charge in [-0.2, -0.15) is 0 Å². The number of aliphatic hydroxyl groups excluding tert-OH is 2. The van der Waals surface area contributed by atoms with E-state index in [0.717, 1.165) is 56.9 Å². The lowest BCUT2D eigenvalue weighted by molar-refractivity contribution is -0.145. The Morgan fingerprint density at radius 3 is 2.44 bits per heavy atom. The number of aliphatic hydroxyl groups is 2. The number of carbonyl (C=O) groups excluding carboxylic acids is 2. The van der Waals surface area contributed by atoms with Crippen LogP contribution in [0.4, 0.5) is 0 Å². The van der Waals surface area contributed by atoms with Crippen LogP contribution in [0.1, 0.15) is 97.3 Å². The standard InChI is InChI=1S/C26H42O8/c1-3-4-8-11-20(28)13-14-21-22(12-9-6-5-7-10-17-33-19(2)27)24(18-23(21)29)34-26(32)16-15-25(30)31/h13-14,20-21,23,28-29H,3-12,15-18H2,1-2H3,(H,30,31)/b14-13+/t20-,21+,23+/m0/s1. The molecule has 0 amide bonds. The van der Waals surface area contributed by atoms with E-state index in [4.69, 9.17) is 14.6 Å². The second kappa shape index (κ2) is 17.3. The van der Waals surface area contributed by atoms with Crippen molar-refractivity contribution in [1.82, 2.24) is 0 Å². The van der Waals surface area contributed by atoms with Crippen LogP contribution in [-0.4, -0.2) is 52.0 Å². The van der Waals surface area contributed by atoms with Crippen molar-refractivity contribution < 1.29 is 39.2 Å². The fourth-order valence-electron chi connectivity index (χ4n) is 4.03. The zero-order valence-electron chi connectivity index (χ0n) is 20.7. The first-order valence-corrected chi connectivity index (χ1v) is 12.6. The van der Waals surface area contributed by atoms with Crippen molar-refractivity contribution >= 4 is 17.9 Å². The van der Waals surface area contributed by atoms with E-state index in [1.165, 1.54) is 6.92 Å². The Bertz CT molecular complexity index is 697. The fraction of sp³-hybridized carbons (Fsp3) is 0.731. The van der Waals surface area contributed by atoms with E-state index in [0.29, 0.717) is 25.2 Å². The lowest BCUT2D eigenvalue weighted by Crippen LogP contribution is -2.15. The lowest BCUT2D eigenvalue weighted by atomic mass is 9.93. The molecule has 0 heterocycles. The molecule has 0 aromatic carbocycles. The van der Waals surface area contributed by atoms with Crippen molar-refractivity contribution in [1.29, 1.82) is 0 Å². The van der Waals surface area contributed by atoms with Crippen LogP contribution < -0.4 is 0 Å². The summed E-state index contributed by atoms with van der Waals surface area (Å²) in [4.78, 5) is 33.6. The molecule has 1 rings (SSSR count). The maximum atomic E-state index is 12.1. The summed E-state index contributed by atoms with van der Waals surface area (Å²) < 4.78 is 10.4. The predicted octanol–water partition coefficient (Wildman–Crippen LogP) is 4.43. The molecule has 194 valence electrons. The normalized spacial score (nSPS) is 18.9. The highest BCUT2D eigenvalue weighted by Gasteiger charge is 2.33. The number of rotatable bonds is 18. The third-order valence-electron chi connectivity index (χ3n) is 5.89. The highest BCUT2D eigenvalue weighted by Crippen LogP contribution is 2.37. The first-order chi connectivity index (χ1) is 16.2. The predicted molar refractivity (Wildman–Crippen MR) is 128 cm³/mol. The van der Waals surface area contributed by atoms with Gasteiger partial charge in [0.1, 0.15) is 5.76 Å². The second-order valence-corrected chi connectivity index (χ2v) is 8.92. The van der Waals surface area contributed by atoms with Gasteiger partial charge >= 0.3 is 17.9 Å². The topological polar surface area (TPSA) is 130 Å². The summed E-state index contributed by atoms with van der Waals surface area (Å²) in [6.07, 6.45) is 10.7. The minimum atomic E-state index is -1.07. The smallest absolute Gasteiger partial charge is 0.311 e. The second-order valence-electron chi connectivity index (χ2n) is 8.92. The zero-order valence-corrected chi connectivity index (χ0v) is 20.7. The summed E-state index contributed by atoms with van der Waals surface area (Å²) in [6, 6.07) is 0. The molecule has 0 aromatic rings. The number of hydrogen-bond donors (Lipinski definition) is 3. The SMILES string of the molecule is CCCCC[C@H](O)/C=C/[C@@H]1C(CCCCCCCOC(C)=O)=C(OC(=O)CCC(=O)O)C[C@H]1O. The van der Waals surface area contributed by atoms with Crippen molar-refractivity contribution in [3.63, 3.8) is 0 Å². The van der Waals surface area contributed by atoms with Gasteiger partial charge in [0.2, 0.25) is 0 Å². The van der Waals surface area contributed by atoms with Crippen LogP contribution in [0.25, 0.3) is 0 Å². The van der Waals surface area contributed by atoms with Crippen LogP contribution in [0.2, 0.25) is 0 Å². The molecule has 1 aliphatic carbocycles. The molecule has 0 aromatic heterocycles. The Hall–Kier alpha value is -2.19. The van der Waals surface area contributed by atoms with Gasteiger partial charge in [0.05, 0.1) is 31.7 Å². The molecule has 3 N–H and O–H groups in total. The van der Waals surface area contributed by atoms with Gasteiger partial charge in [-0.1, -0.05) is 57.6 Å². The molecule has 0 saturated heterocycles. The van der Waals surface area contributed by atoms with Gasteiger partial charge in [0, 0.05) is 19.3 Å². The van der Waals surface area contributed by atoms with Gasteiger partial charge in [-0.05, 0) is 31.3 Å². The Labute approximate surface area is 203 Å². The van der Waals surface area contributed by atoms with Gasteiger partial charge < -0.3 is 24.8 Å². The molecule has 1 aliphatic rings. The summed E-state index contributed by atoms with van der Waals surface area (Å²) in [5.41, 5.74) is 0.841. The summed E-state index contributed by atoms with van der Waals surface area (Å²) in [5.74, 6) is -1.87. The number of hydrogen-bond acceptors (Lipinski definition) is 7. The monoisotopic (exact) mass is 482 g/mol. The number of esters is 2. The molecule has 0 fully saturated rings. The molecule has 8 heteroatoms. The number of aliphatic carboxylic acids is 1. The van der Waals surface area contributed by atoms with Crippen LogP contribution in [-0.2, 0) is 23.9 Å². The highest BCUT2D eigenvalue weighted by atomic mass is 16.5. The molecule has 0 aliphatic heterocycles. The average Bonchev–Trinajstić information content (AvgIpc) is 3.06.